The van der Waals surface area contributed by atoms with Crippen molar-refractivity contribution in [2.24, 2.45) is 11.8 Å². The maximum absolute atomic E-state index is 9.48. The van der Waals surface area contributed by atoms with E-state index in [-0.39, 0.29) is 49.0 Å². The van der Waals surface area contributed by atoms with E-state index in [4.69, 9.17) is 11.5 Å². The molecule has 2 aliphatic carbocycles. The summed E-state index contributed by atoms with van der Waals surface area (Å²) in [5.74, 6) is 4.62. The zero-order chi connectivity index (χ0) is 29.1. The summed E-state index contributed by atoms with van der Waals surface area (Å²) < 4.78 is 1.99. The average molecular weight is 613 g/mol. The van der Waals surface area contributed by atoms with E-state index in [0.29, 0.717) is 36.0 Å². The Morgan fingerprint density at radius 3 is 2.21 bits per heavy atom. The average Bonchev–Trinajstić information content (AvgIpc) is 3.79. The molecule has 14 nitrogen and oxygen atoms in total. The molecule has 0 saturated heterocycles. The molecular weight excluding hydrogens is 577 g/mol. The molecule has 3 aromatic heterocycles. The van der Waals surface area contributed by atoms with Crippen LogP contribution in [0.15, 0.2) is 30.6 Å². The predicted octanol–water partition coefficient (Wildman–Crippen LogP) is 1.92. The third-order valence-electron chi connectivity index (χ3n) is 7.61. The van der Waals surface area contributed by atoms with Crippen LogP contribution >= 0.6 is 21.6 Å². The van der Waals surface area contributed by atoms with Crippen LogP contribution in [0.2, 0.25) is 0 Å². The molecule has 4 heterocycles. The number of aliphatic hydroxyl groups is 2. The third-order valence-corrected chi connectivity index (χ3v) is 10.0. The Hall–Kier alpha value is -3.47. The molecule has 0 amide bonds. The third kappa shape index (κ3) is 6.02. The molecule has 9 N–H and O–H groups in total. The molecule has 0 bridgehead atoms. The first-order valence-electron chi connectivity index (χ1n) is 14.0. The van der Waals surface area contributed by atoms with E-state index in [1.54, 1.807) is 27.9 Å². The van der Waals surface area contributed by atoms with Gasteiger partial charge in [-0.25, -0.2) is 4.98 Å². The first kappa shape index (κ1) is 28.6. The van der Waals surface area contributed by atoms with E-state index in [1.165, 1.54) is 0 Å². The number of nitrogens with one attached hydrogen (secondary N) is 3. The summed E-state index contributed by atoms with van der Waals surface area (Å²) in [5, 5.41) is 29.1. The molecule has 42 heavy (non-hydrogen) atoms. The molecule has 4 unspecified atom stereocenters. The Labute approximate surface area is 251 Å². The van der Waals surface area contributed by atoms with Gasteiger partial charge in [0.05, 0.1) is 25.1 Å². The molecule has 0 spiro atoms. The molecule has 224 valence electrons. The van der Waals surface area contributed by atoms with E-state index < -0.39 is 0 Å². The number of hydrogen-bond acceptors (Lipinski definition) is 15. The number of aromatic nitrogens is 6. The topological polar surface area (TPSA) is 201 Å². The highest BCUT2D eigenvalue weighted by atomic mass is 33.1. The fourth-order valence-electron chi connectivity index (χ4n) is 5.53. The van der Waals surface area contributed by atoms with Crippen molar-refractivity contribution in [3.8, 4) is 0 Å². The zero-order valence-corrected chi connectivity index (χ0v) is 24.7. The van der Waals surface area contributed by atoms with Gasteiger partial charge in [-0.3, -0.25) is 0 Å². The highest BCUT2D eigenvalue weighted by molar-refractivity contribution is 8.76. The maximum Gasteiger partial charge on any atom is 0.224 e. The van der Waals surface area contributed by atoms with Crippen molar-refractivity contribution in [3.63, 3.8) is 0 Å². The lowest BCUT2D eigenvalue weighted by Gasteiger charge is -2.24. The van der Waals surface area contributed by atoms with Crippen LogP contribution < -0.4 is 32.3 Å². The van der Waals surface area contributed by atoms with Gasteiger partial charge in [-0.15, -0.1) is 0 Å². The normalized spacial score (nSPS) is 22.7. The van der Waals surface area contributed by atoms with E-state index in [9.17, 15) is 10.2 Å². The molecule has 3 aliphatic rings. The van der Waals surface area contributed by atoms with Gasteiger partial charge in [0.25, 0.3) is 0 Å². The van der Waals surface area contributed by atoms with Crippen molar-refractivity contribution < 1.29 is 10.2 Å². The number of nitrogens with two attached hydrogens (primary N) is 2. The number of fused-ring (bicyclic) bond motifs is 2. The quantitative estimate of drug-likeness (QED) is 0.0838. The van der Waals surface area contributed by atoms with Crippen LogP contribution in [-0.4, -0.2) is 90.2 Å². The van der Waals surface area contributed by atoms with E-state index in [1.807, 2.05) is 10.6 Å². The molecule has 3 aromatic rings. The molecular formula is C26H36N12O2S2. The number of imidazole rings is 1. The molecule has 0 saturated carbocycles. The standard InChI is InChI=1S/C26H36N12O2S2/c27-25-33-21(19-23(35-25)37(13-31-19)17-3-1-15(9-17)11-39)29-5-7-41-42-8-6-30-22-20-24(36-26(28)34-22)38(14-32-20)18-4-2-16(10-18)12-40/h1-4,13,15-18,32,39-40H,5-12,14H2,(H3,27,29,33,35)(H3,28,30,34,36). The van der Waals surface area contributed by atoms with Gasteiger partial charge in [0, 0.05) is 49.6 Å². The smallest absolute Gasteiger partial charge is 0.224 e. The number of aliphatic hydroxyl groups excluding tert-OH is 2. The second-order valence-electron chi connectivity index (χ2n) is 10.4. The minimum absolute atomic E-state index is 0.0912. The van der Waals surface area contributed by atoms with E-state index >= 15 is 0 Å². The molecule has 16 heteroatoms. The largest absolute Gasteiger partial charge is 0.396 e. The van der Waals surface area contributed by atoms with Gasteiger partial charge in [0.1, 0.15) is 5.69 Å². The summed E-state index contributed by atoms with van der Waals surface area (Å²) in [6.45, 7) is 2.33. The lowest BCUT2D eigenvalue weighted by atomic mass is 10.1. The molecule has 0 radical (unpaired) electrons. The van der Waals surface area contributed by atoms with Crippen molar-refractivity contribution >= 4 is 67.8 Å². The lowest BCUT2D eigenvalue weighted by molar-refractivity contribution is 0.244. The molecule has 1 aliphatic heterocycles. The summed E-state index contributed by atoms with van der Waals surface area (Å²) in [4.78, 5) is 24.4. The van der Waals surface area contributed by atoms with Crippen molar-refractivity contribution in [1.29, 1.82) is 0 Å². The lowest BCUT2D eigenvalue weighted by Crippen LogP contribution is -2.33. The monoisotopic (exact) mass is 612 g/mol. The van der Waals surface area contributed by atoms with Crippen LogP contribution in [0.5, 0.6) is 0 Å². The van der Waals surface area contributed by atoms with Crippen molar-refractivity contribution in [3.05, 3.63) is 30.6 Å². The van der Waals surface area contributed by atoms with Gasteiger partial charge in [0.2, 0.25) is 11.9 Å². The Bertz CT molecular complexity index is 1470. The second kappa shape index (κ2) is 12.8. The van der Waals surface area contributed by atoms with Crippen molar-refractivity contribution in [2.75, 3.05) is 76.8 Å². The Kier molecular flexibility index (Phi) is 8.73. The Morgan fingerprint density at radius 1 is 0.857 bits per heavy atom. The van der Waals surface area contributed by atoms with Gasteiger partial charge in [-0.1, -0.05) is 45.9 Å². The van der Waals surface area contributed by atoms with Gasteiger partial charge in [-0.2, -0.15) is 19.9 Å². The van der Waals surface area contributed by atoms with Crippen LogP contribution in [0.1, 0.15) is 18.9 Å². The first-order valence-corrected chi connectivity index (χ1v) is 16.5. The molecule has 6 rings (SSSR count). The van der Waals surface area contributed by atoms with Gasteiger partial charge in [0.15, 0.2) is 28.6 Å². The number of nitrogens with zero attached hydrogens (tertiary/aromatic N) is 7. The zero-order valence-electron chi connectivity index (χ0n) is 23.1. The minimum atomic E-state index is 0.0912. The first-order chi connectivity index (χ1) is 20.5. The highest BCUT2D eigenvalue weighted by Gasteiger charge is 2.32. The van der Waals surface area contributed by atoms with Crippen molar-refractivity contribution in [1.82, 2.24) is 29.5 Å². The highest BCUT2D eigenvalue weighted by Crippen LogP contribution is 2.39. The van der Waals surface area contributed by atoms with E-state index in [0.717, 1.165) is 42.4 Å². The fourth-order valence-corrected chi connectivity index (χ4v) is 7.34. The molecule has 0 fully saturated rings. The van der Waals surface area contributed by atoms with Crippen LogP contribution in [0, 0.1) is 11.8 Å². The van der Waals surface area contributed by atoms with E-state index in [2.05, 4.69) is 64.0 Å². The number of hydrogen-bond donors (Lipinski definition) is 7. The Balaban J connectivity index is 0.956. The number of nitrogen functional groups attached to an aromatic ring is 2. The summed E-state index contributed by atoms with van der Waals surface area (Å²) in [7, 11) is 3.53. The van der Waals surface area contributed by atoms with Crippen LogP contribution in [0.4, 0.5) is 35.0 Å². The molecule has 4 atom stereocenters. The van der Waals surface area contributed by atoms with Gasteiger partial charge in [-0.05, 0) is 12.8 Å². The summed E-state index contributed by atoms with van der Waals surface area (Å²) in [6, 6.07) is 0.266. The SMILES string of the molecule is Nc1nc(NCCSSCCNc2nc(N)nc3c2ncn3C2C=CC(CO)C2)c2c(n1)N(C1C=CC(CO)C1)CN2. The van der Waals surface area contributed by atoms with Crippen molar-refractivity contribution in [2.45, 2.75) is 24.9 Å². The minimum Gasteiger partial charge on any atom is -0.396 e. The molecule has 0 aromatic carbocycles. The summed E-state index contributed by atoms with van der Waals surface area (Å²) in [6.07, 6.45) is 11.7. The number of rotatable bonds is 13. The van der Waals surface area contributed by atoms with Crippen LogP contribution in [-0.2, 0) is 0 Å². The predicted molar refractivity (Wildman–Crippen MR) is 171 cm³/mol. The van der Waals surface area contributed by atoms with Gasteiger partial charge >= 0.3 is 0 Å². The maximum atomic E-state index is 9.48. The Morgan fingerprint density at radius 2 is 1.50 bits per heavy atom. The summed E-state index contributed by atoms with van der Waals surface area (Å²) >= 11 is 0. The fraction of sp³-hybridized carbons (Fsp3) is 0.500. The van der Waals surface area contributed by atoms with Crippen LogP contribution in [0.3, 0.4) is 0 Å². The van der Waals surface area contributed by atoms with Crippen LogP contribution in [0.25, 0.3) is 11.2 Å². The number of anilines is 6. The van der Waals surface area contributed by atoms with Gasteiger partial charge < -0.3 is 47.1 Å². The second-order valence-corrected chi connectivity index (χ2v) is 13.1. The summed E-state index contributed by atoms with van der Waals surface area (Å²) in [5.41, 5.74) is 14.3. The number of allylic oxidation sites excluding steroid dienone is 1.